The standard InChI is InChI=1S/C19H33I/c1-15(6-5-7-16(2)12-13-20)9-11-19-14-17(3)8-10-18(19)4/h6,12,17-19H,5,7-11,13-14H2,1-4H3/b15-6+,16-12+/t17-,18-,19?/m1/s1. The Morgan fingerprint density at radius 3 is 2.45 bits per heavy atom. The molecule has 0 saturated heterocycles. The number of rotatable bonds is 7. The second-order valence-corrected chi connectivity index (χ2v) is 7.87. The van der Waals surface area contributed by atoms with Crippen molar-refractivity contribution in [1.82, 2.24) is 0 Å². The lowest BCUT2D eigenvalue weighted by molar-refractivity contribution is 0.193. The molecule has 0 aromatic rings. The monoisotopic (exact) mass is 388 g/mol. The molecule has 0 N–H and O–H groups in total. The molecule has 0 amide bonds. The zero-order valence-electron chi connectivity index (χ0n) is 13.9. The Bertz CT molecular complexity index is 327. The van der Waals surface area contributed by atoms with Gasteiger partial charge in [-0.25, -0.2) is 0 Å². The minimum absolute atomic E-state index is 0.952. The molecule has 1 aliphatic rings. The molecule has 1 heteroatoms. The predicted molar refractivity (Wildman–Crippen MR) is 101 cm³/mol. The van der Waals surface area contributed by atoms with E-state index in [0.29, 0.717) is 0 Å². The molecule has 0 bridgehead atoms. The molecule has 1 saturated carbocycles. The molecule has 0 heterocycles. The number of alkyl halides is 1. The van der Waals surface area contributed by atoms with Gasteiger partial charge in [0.2, 0.25) is 0 Å². The van der Waals surface area contributed by atoms with E-state index >= 15 is 0 Å². The van der Waals surface area contributed by atoms with Crippen LogP contribution in [0.4, 0.5) is 0 Å². The highest BCUT2D eigenvalue weighted by Gasteiger charge is 2.24. The van der Waals surface area contributed by atoms with E-state index in [2.05, 4.69) is 62.4 Å². The predicted octanol–water partition coefficient (Wildman–Crippen LogP) is 6.95. The fourth-order valence-corrected chi connectivity index (χ4v) is 4.10. The van der Waals surface area contributed by atoms with Crippen molar-refractivity contribution >= 4 is 22.6 Å². The summed E-state index contributed by atoms with van der Waals surface area (Å²) < 4.78 is 1.14. The quantitative estimate of drug-likeness (QED) is 0.252. The lowest BCUT2D eigenvalue weighted by Gasteiger charge is -2.32. The summed E-state index contributed by atoms with van der Waals surface area (Å²) in [6, 6.07) is 0. The molecule has 0 aromatic heterocycles. The lowest BCUT2D eigenvalue weighted by atomic mass is 9.73. The van der Waals surface area contributed by atoms with E-state index in [-0.39, 0.29) is 0 Å². The number of halogens is 1. The van der Waals surface area contributed by atoms with Crippen LogP contribution in [0.3, 0.4) is 0 Å². The average molecular weight is 388 g/mol. The van der Waals surface area contributed by atoms with Gasteiger partial charge in [-0.3, -0.25) is 0 Å². The topological polar surface area (TPSA) is 0 Å². The molecule has 0 aliphatic heterocycles. The molecule has 1 fully saturated rings. The van der Waals surface area contributed by atoms with Crippen molar-refractivity contribution in [1.29, 1.82) is 0 Å². The normalized spacial score (nSPS) is 28.8. The summed E-state index contributed by atoms with van der Waals surface area (Å²) in [7, 11) is 0. The highest BCUT2D eigenvalue weighted by atomic mass is 127. The van der Waals surface area contributed by atoms with E-state index in [1.807, 2.05) is 0 Å². The van der Waals surface area contributed by atoms with E-state index in [9.17, 15) is 0 Å². The Kier molecular flexibility index (Phi) is 9.15. The third kappa shape index (κ3) is 7.28. The maximum atomic E-state index is 2.47. The largest absolute Gasteiger partial charge is 0.0853 e. The molecule has 0 radical (unpaired) electrons. The lowest BCUT2D eigenvalue weighted by Crippen LogP contribution is -2.21. The molecule has 3 atom stereocenters. The fraction of sp³-hybridized carbons (Fsp3) is 0.789. The van der Waals surface area contributed by atoms with Gasteiger partial charge in [0.05, 0.1) is 0 Å². The van der Waals surface area contributed by atoms with Crippen LogP contribution in [0.2, 0.25) is 0 Å². The first-order chi connectivity index (χ1) is 9.52. The van der Waals surface area contributed by atoms with Crippen molar-refractivity contribution in [2.75, 3.05) is 4.43 Å². The van der Waals surface area contributed by atoms with Crippen LogP contribution in [0.5, 0.6) is 0 Å². The first-order valence-electron chi connectivity index (χ1n) is 8.40. The van der Waals surface area contributed by atoms with Crippen LogP contribution in [0.15, 0.2) is 23.3 Å². The Morgan fingerprint density at radius 1 is 1.05 bits per heavy atom. The SMILES string of the molecule is C/C(=C\CI)CC/C=C(\C)CCC1C[C@H](C)CC[C@H]1C. The molecule has 0 aromatic carbocycles. The average Bonchev–Trinajstić information content (AvgIpc) is 2.40. The van der Waals surface area contributed by atoms with Gasteiger partial charge in [0.15, 0.2) is 0 Å². The second-order valence-electron chi connectivity index (χ2n) is 6.99. The molecule has 1 unspecified atom stereocenters. The Labute approximate surface area is 140 Å². The van der Waals surface area contributed by atoms with E-state index in [1.165, 1.54) is 50.5 Å². The van der Waals surface area contributed by atoms with Crippen molar-refractivity contribution in [2.45, 2.75) is 72.6 Å². The first-order valence-corrected chi connectivity index (χ1v) is 9.92. The minimum Gasteiger partial charge on any atom is -0.0853 e. The van der Waals surface area contributed by atoms with Crippen molar-refractivity contribution in [2.24, 2.45) is 17.8 Å². The summed E-state index contributed by atoms with van der Waals surface area (Å²) in [5, 5.41) is 0. The summed E-state index contributed by atoms with van der Waals surface area (Å²) in [6.45, 7) is 9.48. The van der Waals surface area contributed by atoms with E-state index in [0.717, 1.165) is 22.2 Å². The zero-order chi connectivity index (χ0) is 15.0. The first kappa shape index (κ1) is 18.3. The molecule has 1 aliphatic carbocycles. The number of hydrogen-bond acceptors (Lipinski definition) is 0. The van der Waals surface area contributed by atoms with Crippen LogP contribution in [-0.2, 0) is 0 Å². The second kappa shape index (κ2) is 10.0. The van der Waals surface area contributed by atoms with Gasteiger partial charge >= 0.3 is 0 Å². The van der Waals surface area contributed by atoms with Gasteiger partial charge < -0.3 is 0 Å². The fourth-order valence-electron chi connectivity index (χ4n) is 3.35. The number of hydrogen-bond donors (Lipinski definition) is 0. The zero-order valence-corrected chi connectivity index (χ0v) is 16.1. The van der Waals surface area contributed by atoms with Crippen LogP contribution in [0.25, 0.3) is 0 Å². The van der Waals surface area contributed by atoms with Gasteiger partial charge in [-0.1, -0.05) is 72.6 Å². The van der Waals surface area contributed by atoms with Crippen molar-refractivity contribution < 1.29 is 0 Å². The maximum absolute atomic E-state index is 2.47. The Hall–Kier alpha value is 0.210. The third-order valence-electron chi connectivity index (χ3n) is 4.99. The molecular formula is C19H33I. The molecular weight excluding hydrogens is 355 g/mol. The van der Waals surface area contributed by atoms with Crippen LogP contribution < -0.4 is 0 Å². The Balaban J connectivity index is 2.27. The van der Waals surface area contributed by atoms with Crippen LogP contribution >= 0.6 is 22.6 Å². The van der Waals surface area contributed by atoms with Gasteiger partial charge in [-0.2, -0.15) is 0 Å². The minimum atomic E-state index is 0.952. The van der Waals surface area contributed by atoms with E-state index < -0.39 is 0 Å². The van der Waals surface area contributed by atoms with Crippen LogP contribution in [0, 0.1) is 17.8 Å². The van der Waals surface area contributed by atoms with Crippen molar-refractivity contribution in [3.8, 4) is 0 Å². The molecule has 0 nitrogen and oxygen atoms in total. The van der Waals surface area contributed by atoms with Gasteiger partial charge in [0.25, 0.3) is 0 Å². The van der Waals surface area contributed by atoms with Gasteiger partial charge in [0.1, 0.15) is 0 Å². The smallest absolute Gasteiger partial charge is 0.0178 e. The number of allylic oxidation sites excluding steroid dienone is 4. The highest BCUT2D eigenvalue weighted by Crippen LogP contribution is 2.36. The summed E-state index contributed by atoms with van der Waals surface area (Å²) in [5.74, 6) is 2.89. The van der Waals surface area contributed by atoms with Gasteiger partial charge in [0, 0.05) is 4.43 Å². The summed E-state index contributed by atoms with van der Waals surface area (Å²) in [4.78, 5) is 0. The molecule has 20 heavy (non-hydrogen) atoms. The third-order valence-corrected chi connectivity index (χ3v) is 5.43. The Morgan fingerprint density at radius 2 is 1.75 bits per heavy atom. The van der Waals surface area contributed by atoms with Crippen molar-refractivity contribution in [3.63, 3.8) is 0 Å². The summed E-state index contributed by atoms with van der Waals surface area (Å²) >= 11 is 2.42. The highest BCUT2D eigenvalue weighted by molar-refractivity contribution is 14.1. The molecule has 0 spiro atoms. The molecule has 1 rings (SSSR count). The summed E-state index contributed by atoms with van der Waals surface area (Å²) in [5.41, 5.74) is 3.15. The van der Waals surface area contributed by atoms with E-state index in [1.54, 1.807) is 5.57 Å². The van der Waals surface area contributed by atoms with Crippen LogP contribution in [-0.4, -0.2) is 4.43 Å². The van der Waals surface area contributed by atoms with Gasteiger partial charge in [-0.15, -0.1) is 0 Å². The van der Waals surface area contributed by atoms with Crippen molar-refractivity contribution in [3.05, 3.63) is 23.3 Å². The van der Waals surface area contributed by atoms with Gasteiger partial charge in [-0.05, 0) is 63.7 Å². The summed E-state index contributed by atoms with van der Waals surface area (Å²) in [6.07, 6.45) is 14.4. The van der Waals surface area contributed by atoms with E-state index in [4.69, 9.17) is 0 Å². The maximum Gasteiger partial charge on any atom is 0.0178 e. The van der Waals surface area contributed by atoms with Crippen LogP contribution in [0.1, 0.15) is 72.6 Å². The molecule has 116 valence electrons.